The summed E-state index contributed by atoms with van der Waals surface area (Å²) in [5, 5.41) is 12.2. The van der Waals surface area contributed by atoms with Gasteiger partial charge in [0.05, 0.1) is 0 Å². The minimum Gasteiger partial charge on any atom is -0.396 e. The van der Waals surface area contributed by atoms with Crippen molar-refractivity contribution in [2.45, 2.75) is 20.8 Å². The topological polar surface area (TPSA) is 84.1 Å². The van der Waals surface area contributed by atoms with E-state index < -0.39 is 0 Å². The van der Waals surface area contributed by atoms with Crippen molar-refractivity contribution in [3.8, 4) is 0 Å². The lowest BCUT2D eigenvalue weighted by Crippen LogP contribution is -2.27. The van der Waals surface area contributed by atoms with Crippen LogP contribution in [0.2, 0.25) is 0 Å². The highest BCUT2D eigenvalue weighted by molar-refractivity contribution is 5.40. The lowest BCUT2D eigenvalue weighted by molar-refractivity contribution is 0.170. The predicted molar refractivity (Wildman–Crippen MR) is 60.5 cm³/mol. The molecule has 0 bridgehead atoms. The van der Waals surface area contributed by atoms with Crippen molar-refractivity contribution in [2.24, 2.45) is 5.41 Å². The van der Waals surface area contributed by atoms with Gasteiger partial charge < -0.3 is 16.2 Å². The molecule has 5 nitrogen and oxygen atoms in total. The zero-order valence-electron chi connectivity index (χ0n) is 9.41. The molecule has 5 heteroatoms. The molecule has 1 aromatic rings. The SMILES string of the molecule is Cc1cc(NCC(C)(C)CO)nc(N)n1. The molecule has 0 aliphatic heterocycles. The summed E-state index contributed by atoms with van der Waals surface area (Å²) in [5.41, 5.74) is 6.17. The molecule has 0 spiro atoms. The minimum absolute atomic E-state index is 0.125. The molecule has 1 heterocycles. The van der Waals surface area contributed by atoms with Crippen LogP contribution in [-0.2, 0) is 0 Å². The van der Waals surface area contributed by atoms with Crippen LogP contribution in [-0.4, -0.2) is 28.2 Å². The molecule has 15 heavy (non-hydrogen) atoms. The maximum absolute atomic E-state index is 9.08. The van der Waals surface area contributed by atoms with Gasteiger partial charge in [0, 0.05) is 30.3 Å². The van der Waals surface area contributed by atoms with Crippen LogP contribution < -0.4 is 11.1 Å². The Labute approximate surface area is 89.7 Å². The monoisotopic (exact) mass is 210 g/mol. The van der Waals surface area contributed by atoms with Crippen LogP contribution in [0.1, 0.15) is 19.5 Å². The van der Waals surface area contributed by atoms with Gasteiger partial charge in [-0.15, -0.1) is 0 Å². The normalized spacial score (nSPS) is 11.5. The number of nitrogens with one attached hydrogen (secondary N) is 1. The van der Waals surface area contributed by atoms with Gasteiger partial charge in [-0.1, -0.05) is 13.8 Å². The Morgan fingerprint density at radius 2 is 2.13 bits per heavy atom. The van der Waals surface area contributed by atoms with Crippen molar-refractivity contribution in [3.63, 3.8) is 0 Å². The number of hydrogen-bond donors (Lipinski definition) is 3. The Bertz CT molecular complexity index is 318. The number of anilines is 2. The highest BCUT2D eigenvalue weighted by Crippen LogP contribution is 2.15. The van der Waals surface area contributed by atoms with Crippen LogP contribution in [0, 0.1) is 12.3 Å². The van der Waals surface area contributed by atoms with Gasteiger partial charge in [-0.25, -0.2) is 4.98 Å². The molecule has 1 aromatic heterocycles. The molecule has 0 unspecified atom stereocenters. The van der Waals surface area contributed by atoms with Crippen molar-refractivity contribution < 1.29 is 5.11 Å². The Hall–Kier alpha value is -1.36. The Balaban J connectivity index is 2.65. The van der Waals surface area contributed by atoms with E-state index in [1.807, 2.05) is 26.8 Å². The average molecular weight is 210 g/mol. The number of hydrogen-bond acceptors (Lipinski definition) is 5. The molecule has 4 N–H and O–H groups in total. The summed E-state index contributed by atoms with van der Waals surface area (Å²) in [4.78, 5) is 8.02. The van der Waals surface area contributed by atoms with E-state index in [1.54, 1.807) is 0 Å². The summed E-state index contributed by atoms with van der Waals surface area (Å²) in [6, 6.07) is 1.82. The van der Waals surface area contributed by atoms with E-state index in [4.69, 9.17) is 10.8 Å². The second kappa shape index (κ2) is 4.44. The number of aromatic nitrogens is 2. The van der Waals surface area contributed by atoms with Crippen molar-refractivity contribution in [1.82, 2.24) is 9.97 Å². The number of nitrogens with zero attached hydrogens (tertiary/aromatic N) is 2. The molecule has 0 atom stereocenters. The largest absolute Gasteiger partial charge is 0.396 e. The fourth-order valence-corrected chi connectivity index (χ4v) is 1.07. The third-order valence-corrected chi connectivity index (χ3v) is 2.05. The lowest BCUT2D eigenvalue weighted by atomic mass is 9.95. The van der Waals surface area contributed by atoms with Crippen LogP contribution in [0.4, 0.5) is 11.8 Å². The summed E-state index contributed by atoms with van der Waals surface area (Å²) >= 11 is 0. The summed E-state index contributed by atoms with van der Waals surface area (Å²) in [7, 11) is 0. The number of aliphatic hydroxyl groups is 1. The van der Waals surface area contributed by atoms with Gasteiger partial charge in [-0.05, 0) is 6.92 Å². The third kappa shape index (κ3) is 3.71. The standard InChI is InChI=1S/C10H18N4O/c1-7-4-8(14-9(11)13-7)12-5-10(2,3)6-15/h4,15H,5-6H2,1-3H3,(H3,11,12,13,14). The number of nitrogens with two attached hydrogens (primary N) is 1. The van der Waals surface area contributed by atoms with E-state index in [-0.39, 0.29) is 18.0 Å². The molecule has 0 aromatic carbocycles. The molecule has 1 rings (SSSR count). The highest BCUT2D eigenvalue weighted by Gasteiger charge is 2.16. The van der Waals surface area contributed by atoms with Gasteiger partial charge in [0.2, 0.25) is 5.95 Å². The van der Waals surface area contributed by atoms with E-state index >= 15 is 0 Å². The van der Waals surface area contributed by atoms with Crippen LogP contribution in [0.5, 0.6) is 0 Å². The molecule has 0 amide bonds. The Kier molecular flexibility index (Phi) is 3.47. The smallest absolute Gasteiger partial charge is 0.222 e. The summed E-state index contributed by atoms with van der Waals surface area (Å²) in [6.07, 6.45) is 0. The van der Waals surface area contributed by atoms with Crippen LogP contribution >= 0.6 is 0 Å². The first kappa shape index (κ1) is 11.7. The number of aliphatic hydroxyl groups excluding tert-OH is 1. The molecule has 0 aliphatic carbocycles. The van der Waals surface area contributed by atoms with E-state index in [1.165, 1.54) is 0 Å². The Morgan fingerprint density at radius 1 is 1.47 bits per heavy atom. The summed E-state index contributed by atoms with van der Waals surface area (Å²) in [5.74, 6) is 0.959. The number of nitrogen functional groups attached to an aromatic ring is 1. The van der Waals surface area contributed by atoms with Gasteiger partial charge >= 0.3 is 0 Å². The van der Waals surface area contributed by atoms with Crippen molar-refractivity contribution in [2.75, 3.05) is 24.2 Å². The highest BCUT2D eigenvalue weighted by atomic mass is 16.3. The van der Waals surface area contributed by atoms with Crippen molar-refractivity contribution >= 4 is 11.8 Å². The van der Waals surface area contributed by atoms with Gasteiger partial charge in [0.25, 0.3) is 0 Å². The minimum atomic E-state index is -0.173. The van der Waals surface area contributed by atoms with Crippen molar-refractivity contribution in [1.29, 1.82) is 0 Å². The number of aryl methyl sites for hydroxylation is 1. The number of rotatable bonds is 4. The molecule has 84 valence electrons. The maximum Gasteiger partial charge on any atom is 0.222 e. The second-order valence-corrected chi connectivity index (χ2v) is 4.43. The van der Waals surface area contributed by atoms with E-state index in [0.717, 1.165) is 5.69 Å². The van der Waals surface area contributed by atoms with Gasteiger partial charge in [-0.2, -0.15) is 4.98 Å². The summed E-state index contributed by atoms with van der Waals surface area (Å²) < 4.78 is 0. The molecule has 0 saturated carbocycles. The zero-order chi connectivity index (χ0) is 11.5. The quantitative estimate of drug-likeness (QED) is 0.684. The zero-order valence-corrected chi connectivity index (χ0v) is 9.41. The fraction of sp³-hybridized carbons (Fsp3) is 0.600. The van der Waals surface area contributed by atoms with E-state index in [0.29, 0.717) is 12.4 Å². The summed E-state index contributed by atoms with van der Waals surface area (Å²) in [6.45, 7) is 6.56. The molecular formula is C10H18N4O. The van der Waals surface area contributed by atoms with Crippen LogP contribution in [0.3, 0.4) is 0 Å². The average Bonchev–Trinajstić information content (AvgIpc) is 2.14. The van der Waals surface area contributed by atoms with Gasteiger partial charge in [0.1, 0.15) is 5.82 Å². The Morgan fingerprint density at radius 3 is 2.67 bits per heavy atom. The molecule has 0 aliphatic rings. The fourth-order valence-electron chi connectivity index (χ4n) is 1.07. The first-order valence-electron chi connectivity index (χ1n) is 4.89. The van der Waals surface area contributed by atoms with Crippen molar-refractivity contribution in [3.05, 3.63) is 11.8 Å². The molecule has 0 radical (unpaired) electrons. The van der Waals surface area contributed by atoms with Crippen LogP contribution in [0.15, 0.2) is 6.07 Å². The molecule has 0 fully saturated rings. The van der Waals surface area contributed by atoms with Gasteiger partial charge in [-0.3, -0.25) is 0 Å². The van der Waals surface area contributed by atoms with Gasteiger partial charge in [0.15, 0.2) is 0 Å². The third-order valence-electron chi connectivity index (χ3n) is 2.05. The van der Waals surface area contributed by atoms with E-state index in [9.17, 15) is 0 Å². The van der Waals surface area contributed by atoms with E-state index in [2.05, 4.69) is 15.3 Å². The molecular weight excluding hydrogens is 192 g/mol. The lowest BCUT2D eigenvalue weighted by Gasteiger charge is -2.22. The predicted octanol–water partition coefficient (Wildman–Crippen LogP) is 0.798. The maximum atomic E-state index is 9.08. The second-order valence-electron chi connectivity index (χ2n) is 4.43. The first-order valence-corrected chi connectivity index (χ1v) is 4.89. The first-order chi connectivity index (χ1) is 6.93. The molecule has 0 saturated heterocycles. The van der Waals surface area contributed by atoms with Crippen LogP contribution in [0.25, 0.3) is 0 Å².